The lowest BCUT2D eigenvalue weighted by atomic mass is 9.66. The molecule has 0 aromatic heterocycles. The third kappa shape index (κ3) is 3.95. The van der Waals surface area contributed by atoms with Crippen molar-refractivity contribution in [1.82, 2.24) is 4.90 Å². The number of benzene rings is 2. The van der Waals surface area contributed by atoms with Crippen molar-refractivity contribution in [2.75, 3.05) is 13.7 Å². The fraction of sp³-hybridized carbons (Fsp3) is 0.400. The number of hydrogen-bond acceptors (Lipinski definition) is 3. The van der Waals surface area contributed by atoms with Gasteiger partial charge in [-0.15, -0.1) is 0 Å². The van der Waals surface area contributed by atoms with E-state index in [9.17, 15) is 9.90 Å². The van der Waals surface area contributed by atoms with Gasteiger partial charge in [0.15, 0.2) is 0 Å². The second kappa shape index (κ2) is 8.42. The number of carbonyl (C=O) groups excluding carboxylic acids is 1. The fourth-order valence-corrected chi connectivity index (χ4v) is 5.05. The third-order valence-electron chi connectivity index (χ3n) is 6.53. The number of fused-ring (bicyclic) bond motifs is 1. The highest BCUT2D eigenvalue weighted by Gasteiger charge is 2.50. The maximum absolute atomic E-state index is 13.3. The van der Waals surface area contributed by atoms with E-state index < -0.39 is 5.60 Å². The van der Waals surface area contributed by atoms with Crippen molar-refractivity contribution < 1.29 is 14.6 Å². The van der Waals surface area contributed by atoms with E-state index in [0.717, 1.165) is 42.6 Å². The van der Waals surface area contributed by atoms with Gasteiger partial charge in [0.05, 0.1) is 18.8 Å². The monoisotopic (exact) mass is 391 g/mol. The number of amides is 1. The topological polar surface area (TPSA) is 49.8 Å². The Morgan fingerprint density at radius 2 is 1.86 bits per heavy atom. The van der Waals surface area contributed by atoms with Crippen LogP contribution < -0.4 is 4.74 Å². The first-order valence-corrected chi connectivity index (χ1v) is 10.5. The molecule has 2 fully saturated rings. The smallest absolute Gasteiger partial charge is 0.247 e. The molecular formula is C25H29NO3. The summed E-state index contributed by atoms with van der Waals surface area (Å²) in [6, 6.07) is 17.6. The Kier molecular flexibility index (Phi) is 5.72. The molecule has 2 aromatic carbocycles. The van der Waals surface area contributed by atoms with Gasteiger partial charge in [0.1, 0.15) is 5.75 Å². The highest BCUT2D eigenvalue weighted by molar-refractivity contribution is 5.92. The number of likely N-dealkylation sites (tertiary alicyclic amines) is 1. The van der Waals surface area contributed by atoms with E-state index in [1.807, 2.05) is 65.6 Å². The molecule has 1 aliphatic heterocycles. The third-order valence-corrected chi connectivity index (χ3v) is 6.53. The molecule has 4 nitrogen and oxygen atoms in total. The quantitative estimate of drug-likeness (QED) is 0.775. The van der Waals surface area contributed by atoms with Crippen molar-refractivity contribution in [3.63, 3.8) is 0 Å². The van der Waals surface area contributed by atoms with E-state index in [2.05, 4.69) is 0 Å². The van der Waals surface area contributed by atoms with Crippen LogP contribution >= 0.6 is 0 Å². The molecule has 0 radical (unpaired) electrons. The predicted octanol–water partition coefficient (Wildman–Crippen LogP) is 4.60. The molecule has 1 heterocycles. The average molecular weight is 392 g/mol. The van der Waals surface area contributed by atoms with Gasteiger partial charge >= 0.3 is 0 Å². The molecule has 0 bridgehead atoms. The summed E-state index contributed by atoms with van der Waals surface area (Å²) >= 11 is 0. The lowest BCUT2D eigenvalue weighted by Crippen LogP contribution is -2.56. The van der Waals surface area contributed by atoms with Crippen molar-refractivity contribution >= 4 is 12.0 Å². The summed E-state index contributed by atoms with van der Waals surface area (Å²) in [4.78, 5) is 15.2. The van der Waals surface area contributed by atoms with E-state index in [1.54, 1.807) is 13.2 Å². The number of piperidine rings is 1. The summed E-state index contributed by atoms with van der Waals surface area (Å²) in [6.07, 6.45) is 8.02. The summed E-state index contributed by atoms with van der Waals surface area (Å²) in [7, 11) is 1.66. The molecule has 1 aliphatic carbocycles. The van der Waals surface area contributed by atoms with Gasteiger partial charge in [-0.2, -0.15) is 0 Å². The molecule has 1 saturated carbocycles. The zero-order chi connectivity index (χ0) is 20.3. The molecule has 4 heteroatoms. The summed E-state index contributed by atoms with van der Waals surface area (Å²) in [5.41, 5.74) is 1.28. The number of nitrogens with zero attached hydrogens (tertiary/aromatic N) is 1. The van der Waals surface area contributed by atoms with Crippen LogP contribution in [0.25, 0.3) is 6.08 Å². The van der Waals surface area contributed by atoms with Crippen molar-refractivity contribution in [1.29, 1.82) is 0 Å². The van der Waals surface area contributed by atoms with Crippen LogP contribution in [0.2, 0.25) is 0 Å². The molecule has 152 valence electrons. The molecular weight excluding hydrogens is 362 g/mol. The minimum Gasteiger partial charge on any atom is -0.496 e. The number of methoxy groups -OCH3 is 1. The molecule has 2 aromatic rings. The maximum atomic E-state index is 13.3. The second-order valence-corrected chi connectivity index (χ2v) is 8.17. The Bertz CT molecular complexity index is 879. The number of para-hydroxylation sites is 1. The molecule has 1 amide bonds. The second-order valence-electron chi connectivity index (χ2n) is 8.17. The summed E-state index contributed by atoms with van der Waals surface area (Å²) < 4.78 is 5.63. The molecule has 0 spiro atoms. The molecule has 1 saturated heterocycles. The van der Waals surface area contributed by atoms with Crippen LogP contribution in [-0.2, 0) is 4.79 Å². The predicted molar refractivity (Wildman–Crippen MR) is 114 cm³/mol. The van der Waals surface area contributed by atoms with Crippen LogP contribution in [-0.4, -0.2) is 35.2 Å². The number of rotatable bonds is 4. The summed E-state index contributed by atoms with van der Waals surface area (Å²) in [5.74, 6) is 0.782. The highest BCUT2D eigenvalue weighted by Crippen LogP contribution is 2.50. The van der Waals surface area contributed by atoms with E-state index >= 15 is 0 Å². The first-order chi connectivity index (χ1) is 14.1. The molecule has 29 heavy (non-hydrogen) atoms. The van der Waals surface area contributed by atoms with Gasteiger partial charge in [-0.25, -0.2) is 0 Å². The summed E-state index contributed by atoms with van der Waals surface area (Å²) in [5, 5.41) is 11.4. The first kappa shape index (κ1) is 19.7. The van der Waals surface area contributed by atoms with Gasteiger partial charge in [0.2, 0.25) is 5.91 Å². The number of aliphatic hydroxyl groups is 1. The molecule has 3 unspecified atom stereocenters. The first-order valence-electron chi connectivity index (χ1n) is 10.5. The van der Waals surface area contributed by atoms with Crippen LogP contribution in [0.5, 0.6) is 5.75 Å². The standard InChI is InChI=1S/C25H29NO3/c1-29-22-13-6-5-11-20(22)24-21-12-7-8-16-25(21,28)17-18-26(24)23(27)15-14-19-9-3-2-4-10-19/h2-6,9-11,13-15,21,24,28H,7-8,12,16-18H2,1H3/b15-14+. The van der Waals surface area contributed by atoms with Gasteiger partial charge in [-0.1, -0.05) is 61.4 Å². The van der Waals surface area contributed by atoms with E-state index in [0.29, 0.717) is 13.0 Å². The normalized spacial score (nSPS) is 26.9. The van der Waals surface area contributed by atoms with Gasteiger partial charge in [-0.05, 0) is 37.0 Å². The van der Waals surface area contributed by atoms with Crippen molar-refractivity contribution in [2.45, 2.75) is 43.7 Å². The van der Waals surface area contributed by atoms with Gasteiger partial charge in [0, 0.05) is 24.1 Å². The number of carbonyl (C=O) groups is 1. The van der Waals surface area contributed by atoms with Crippen molar-refractivity contribution in [3.05, 3.63) is 71.8 Å². The molecule has 3 atom stereocenters. The minimum absolute atomic E-state index is 0.0163. The molecule has 1 N–H and O–H groups in total. The van der Waals surface area contributed by atoms with Gasteiger partial charge < -0.3 is 14.7 Å². The highest BCUT2D eigenvalue weighted by atomic mass is 16.5. The zero-order valence-corrected chi connectivity index (χ0v) is 17.0. The van der Waals surface area contributed by atoms with Crippen LogP contribution in [0.4, 0.5) is 0 Å². The lowest BCUT2D eigenvalue weighted by Gasteiger charge is -2.52. The SMILES string of the molecule is COc1ccccc1C1C2CCCCC2(O)CCN1C(=O)/C=C/c1ccccc1. The largest absolute Gasteiger partial charge is 0.496 e. The van der Waals surface area contributed by atoms with Crippen molar-refractivity contribution in [2.24, 2.45) is 5.92 Å². The Balaban J connectivity index is 1.69. The Morgan fingerprint density at radius 3 is 2.66 bits per heavy atom. The zero-order valence-electron chi connectivity index (χ0n) is 17.0. The summed E-state index contributed by atoms with van der Waals surface area (Å²) in [6.45, 7) is 0.549. The van der Waals surface area contributed by atoms with Crippen molar-refractivity contribution in [3.8, 4) is 5.75 Å². The van der Waals surface area contributed by atoms with Crippen LogP contribution in [0.15, 0.2) is 60.7 Å². The Morgan fingerprint density at radius 1 is 1.10 bits per heavy atom. The number of hydrogen-bond donors (Lipinski definition) is 1. The molecule has 2 aliphatic rings. The van der Waals surface area contributed by atoms with E-state index in [1.165, 1.54) is 0 Å². The maximum Gasteiger partial charge on any atom is 0.247 e. The van der Waals surface area contributed by atoms with E-state index in [4.69, 9.17) is 4.74 Å². The van der Waals surface area contributed by atoms with Gasteiger partial charge in [0.25, 0.3) is 0 Å². The minimum atomic E-state index is -0.705. The van der Waals surface area contributed by atoms with Crippen LogP contribution in [0.1, 0.15) is 49.3 Å². The lowest BCUT2D eigenvalue weighted by molar-refractivity contribution is -0.151. The Labute approximate surface area is 172 Å². The number of ether oxygens (including phenoxy) is 1. The van der Waals surface area contributed by atoms with E-state index in [-0.39, 0.29) is 17.9 Å². The molecule has 4 rings (SSSR count). The van der Waals surface area contributed by atoms with Crippen LogP contribution in [0, 0.1) is 5.92 Å². The fourth-order valence-electron chi connectivity index (χ4n) is 5.05. The average Bonchev–Trinajstić information content (AvgIpc) is 2.77. The Hall–Kier alpha value is -2.59. The van der Waals surface area contributed by atoms with Gasteiger partial charge in [-0.3, -0.25) is 4.79 Å². The van der Waals surface area contributed by atoms with Crippen LogP contribution in [0.3, 0.4) is 0 Å².